The minimum Gasteiger partial charge on any atom is -0.355 e. The third kappa shape index (κ3) is 4.63. The van der Waals surface area contributed by atoms with E-state index in [9.17, 15) is 9.59 Å². The maximum atomic E-state index is 12.4. The molecular weight excluding hydrogens is 372 g/mol. The molecule has 0 radical (unpaired) electrons. The Morgan fingerprint density at radius 3 is 2.86 bits per heavy atom. The van der Waals surface area contributed by atoms with Gasteiger partial charge < -0.3 is 14.7 Å². The van der Waals surface area contributed by atoms with Gasteiger partial charge in [-0.15, -0.1) is 0 Å². The van der Waals surface area contributed by atoms with E-state index in [1.165, 1.54) is 0 Å². The average molecular weight is 392 g/mol. The van der Waals surface area contributed by atoms with Gasteiger partial charge in [0, 0.05) is 62.8 Å². The second-order valence-electron chi connectivity index (χ2n) is 6.83. The van der Waals surface area contributed by atoms with Crippen molar-refractivity contribution in [2.75, 3.05) is 13.1 Å². The van der Waals surface area contributed by atoms with Crippen LogP contribution in [0.4, 0.5) is 0 Å². The van der Waals surface area contributed by atoms with Gasteiger partial charge in [-0.05, 0) is 29.8 Å². The fraction of sp³-hybridized carbons (Fsp3) is 0.300. The maximum absolute atomic E-state index is 12.4. The standard InChI is InChI=1S/C20H20N6O3/c27-18-10-16(13-26(18)12-14-3-7-21-8-4-14)20(28)23-9-5-17-24-19(25-29-17)15-2-1-6-22-11-15/h1-4,6-8,11,16H,5,9-10,12-13H2,(H,23,28)/t16-/m1/s1. The van der Waals surface area contributed by atoms with E-state index < -0.39 is 0 Å². The van der Waals surface area contributed by atoms with Gasteiger partial charge in [-0.3, -0.25) is 19.6 Å². The van der Waals surface area contributed by atoms with E-state index in [0.717, 1.165) is 11.1 Å². The van der Waals surface area contributed by atoms with Gasteiger partial charge in [0.05, 0.1) is 5.92 Å². The summed E-state index contributed by atoms with van der Waals surface area (Å²) in [6.45, 7) is 1.27. The number of carbonyl (C=O) groups is 2. The summed E-state index contributed by atoms with van der Waals surface area (Å²) in [5.41, 5.74) is 1.76. The van der Waals surface area contributed by atoms with Crippen LogP contribution in [0.15, 0.2) is 53.6 Å². The molecule has 9 nitrogen and oxygen atoms in total. The van der Waals surface area contributed by atoms with E-state index in [-0.39, 0.29) is 24.2 Å². The van der Waals surface area contributed by atoms with Crippen LogP contribution in [0.25, 0.3) is 11.4 Å². The van der Waals surface area contributed by atoms with Crippen LogP contribution in [0.3, 0.4) is 0 Å². The first kappa shape index (κ1) is 18.7. The highest BCUT2D eigenvalue weighted by atomic mass is 16.5. The number of hydrogen-bond acceptors (Lipinski definition) is 7. The second kappa shape index (κ2) is 8.59. The molecule has 0 bridgehead atoms. The molecule has 3 aromatic rings. The summed E-state index contributed by atoms with van der Waals surface area (Å²) < 4.78 is 5.22. The topological polar surface area (TPSA) is 114 Å². The van der Waals surface area contributed by atoms with E-state index in [2.05, 4.69) is 25.4 Å². The minimum atomic E-state index is -0.349. The van der Waals surface area contributed by atoms with Gasteiger partial charge in [0.25, 0.3) is 0 Å². The third-order valence-corrected chi connectivity index (χ3v) is 4.73. The van der Waals surface area contributed by atoms with Crippen LogP contribution in [0.1, 0.15) is 17.9 Å². The molecular formula is C20H20N6O3. The second-order valence-corrected chi connectivity index (χ2v) is 6.83. The summed E-state index contributed by atoms with van der Waals surface area (Å²) in [7, 11) is 0. The smallest absolute Gasteiger partial charge is 0.228 e. The highest BCUT2D eigenvalue weighted by Gasteiger charge is 2.34. The molecule has 1 aliphatic heterocycles. The normalized spacial score (nSPS) is 16.2. The van der Waals surface area contributed by atoms with Crippen molar-refractivity contribution in [2.45, 2.75) is 19.4 Å². The number of pyridine rings is 2. The van der Waals surface area contributed by atoms with E-state index in [1.807, 2.05) is 18.2 Å². The quantitative estimate of drug-likeness (QED) is 0.643. The Hall–Kier alpha value is -3.62. The number of amides is 2. The highest BCUT2D eigenvalue weighted by Crippen LogP contribution is 2.20. The number of carbonyl (C=O) groups excluding carboxylic acids is 2. The van der Waals surface area contributed by atoms with Gasteiger partial charge in [0.1, 0.15) is 0 Å². The van der Waals surface area contributed by atoms with Crippen molar-refractivity contribution in [1.82, 2.24) is 30.3 Å². The molecule has 2 amide bonds. The molecule has 0 unspecified atom stereocenters. The van der Waals surface area contributed by atoms with Crippen LogP contribution in [0.5, 0.6) is 0 Å². The first-order chi connectivity index (χ1) is 14.2. The number of nitrogens with zero attached hydrogens (tertiary/aromatic N) is 5. The Morgan fingerprint density at radius 1 is 1.21 bits per heavy atom. The van der Waals surface area contributed by atoms with Crippen LogP contribution < -0.4 is 5.32 Å². The zero-order chi connectivity index (χ0) is 20.1. The molecule has 3 aromatic heterocycles. The van der Waals surface area contributed by atoms with Crippen LogP contribution in [0, 0.1) is 5.92 Å². The van der Waals surface area contributed by atoms with Crippen molar-refractivity contribution in [3.05, 3.63) is 60.5 Å². The van der Waals surface area contributed by atoms with Crippen LogP contribution in [-0.4, -0.2) is 49.9 Å². The summed E-state index contributed by atoms with van der Waals surface area (Å²) in [5, 5.41) is 6.79. The fourth-order valence-electron chi connectivity index (χ4n) is 3.21. The maximum Gasteiger partial charge on any atom is 0.228 e. The largest absolute Gasteiger partial charge is 0.355 e. The molecule has 4 heterocycles. The monoisotopic (exact) mass is 392 g/mol. The zero-order valence-corrected chi connectivity index (χ0v) is 15.7. The Morgan fingerprint density at radius 2 is 2.07 bits per heavy atom. The minimum absolute atomic E-state index is 0.0139. The molecule has 148 valence electrons. The van der Waals surface area contributed by atoms with Crippen molar-refractivity contribution < 1.29 is 14.1 Å². The van der Waals surface area contributed by atoms with E-state index in [4.69, 9.17) is 4.52 Å². The SMILES string of the molecule is O=C(NCCc1nc(-c2cccnc2)no1)[C@@H]1CC(=O)N(Cc2ccncc2)C1. The predicted molar refractivity (Wildman–Crippen MR) is 102 cm³/mol. The number of likely N-dealkylation sites (tertiary alicyclic amines) is 1. The number of nitrogens with one attached hydrogen (secondary N) is 1. The van der Waals surface area contributed by atoms with E-state index in [1.54, 1.807) is 35.8 Å². The lowest BCUT2D eigenvalue weighted by molar-refractivity contribution is -0.129. The summed E-state index contributed by atoms with van der Waals surface area (Å²) in [6.07, 6.45) is 7.36. The Labute approximate surface area is 167 Å². The van der Waals surface area contributed by atoms with Crippen molar-refractivity contribution in [1.29, 1.82) is 0 Å². The highest BCUT2D eigenvalue weighted by molar-refractivity contribution is 5.89. The number of aromatic nitrogens is 4. The lowest BCUT2D eigenvalue weighted by Crippen LogP contribution is -2.34. The Balaban J connectivity index is 1.25. The first-order valence-corrected chi connectivity index (χ1v) is 9.36. The Kier molecular flexibility index (Phi) is 5.55. The van der Waals surface area contributed by atoms with Crippen LogP contribution in [-0.2, 0) is 22.6 Å². The molecule has 0 aliphatic carbocycles. The molecule has 9 heteroatoms. The summed E-state index contributed by atoms with van der Waals surface area (Å²) in [4.78, 5) is 38.7. The number of rotatable bonds is 7. The molecule has 1 atom stereocenters. The molecule has 1 aliphatic rings. The van der Waals surface area contributed by atoms with Gasteiger partial charge >= 0.3 is 0 Å². The lowest BCUT2D eigenvalue weighted by atomic mass is 10.1. The van der Waals surface area contributed by atoms with E-state index >= 15 is 0 Å². The lowest BCUT2D eigenvalue weighted by Gasteiger charge is -2.16. The van der Waals surface area contributed by atoms with Gasteiger partial charge in [0.15, 0.2) is 0 Å². The molecule has 1 N–H and O–H groups in total. The van der Waals surface area contributed by atoms with Gasteiger partial charge in [-0.1, -0.05) is 5.16 Å². The van der Waals surface area contributed by atoms with E-state index in [0.29, 0.717) is 37.8 Å². The summed E-state index contributed by atoms with van der Waals surface area (Å²) >= 11 is 0. The molecule has 0 aromatic carbocycles. The van der Waals surface area contributed by atoms with Gasteiger partial charge in [-0.2, -0.15) is 4.98 Å². The molecule has 0 saturated carbocycles. The molecule has 1 fully saturated rings. The first-order valence-electron chi connectivity index (χ1n) is 9.36. The molecule has 1 saturated heterocycles. The van der Waals surface area contributed by atoms with Crippen molar-refractivity contribution >= 4 is 11.8 Å². The van der Waals surface area contributed by atoms with Crippen LogP contribution in [0.2, 0.25) is 0 Å². The fourth-order valence-corrected chi connectivity index (χ4v) is 3.21. The number of hydrogen-bond donors (Lipinski definition) is 1. The molecule has 29 heavy (non-hydrogen) atoms. The van der Waals surface area contributed by atoms with Crippen molar-refractivity contribution in [3.8, 4) is 11.4 Å². The third-order valence-electron chi connectivity index (χ3n) is 4.73. The zero-order valence-electron chi connectivity index (χ0n) is 15.7. The summed E-state index contributed by atoms with van der Waals surface area (Å²) in [5.74, 6) is 0.402. The summed E-state index contributed by atoms with van der Waals surface area (Å²) in [6, 6.07) is 7.38. The Bertz CT molecular complexity index is 976. The molecule has 0 spiro atoms. The predicted octanol–water partition coefficient (Wildman–Crippen LogP) is 1.23. The van der Waals surface area contributed by atoms with Crippen LogP contribution >= 0.6 is 0 Å². The molecule has 4 rings (SSSR count). The average Bonchev–Trinajstić information content (AvgIpc) is 3.37. The van der Waals surface area contributed by atoms with Gasteiger partial charge in [-0.25, -0.2) is 0 Å². The van der Waals surface area contributed by atoms with Crippen molar-refractivity contribution in [3.63, 3.8) is 0 Å². The van der Waals surface area contributed by atoms with Crippen molar-refractivity contribution in [2.24, 2.45) is 5.92 Å². The van der Waals surface area contributed by atoms with Gasteiger partial charge in [0.2, 0.25) is 23.5 Å².